The second-order valence-corrected chi connectivity index (χ2v) is 12.2. The van der Waals surface area contributed by atoms with Crippen molar-refractivity contribution in [3.63, 3.8) is 0 Å². The van der Waals surface area contributed by atoms with Crippen LogP contribution >= 0.6 is 15.4 Å². The lowest BCUT2D eigenvalue weighted by Crippen LogP contribution is -2.36. The lowest BCUT2D eigenvalue weighted by molar-refractivity contribution is 0.174. The summed E-state index contributed by atoms with van der Waals surface area (Å²) < 4.78 is 32.0. The average molecular weight is 548 g/mol. The third kappa shape index (κ3) is 19.8. The van der Waals surface area contributed by atoms with Crippen molar-refractivity contribution in [3.05, 3.63) is 0 Å². The van der Waals surface area contributed by atoms with Gasteiger partial charge in [-0.25, -0.2) is 4.57 Å². The molecule has 0 saturated heterocycles. The Morgan fingerprint density at radius 1 is 0.543 bits per heavy atom. The van der Waals surface area contributed by atoms with Gasteiger partial charge in [0.05, 0.1) is 13.2 Å². The van der Waals surface area contributed by atoms with Gasteiger partial charge in [0, 0.05) is 36.9 Å². The van der Waals surface area contributed by atoms with Crippen LogP contribution in [0, 0.1) is 0 Å². The van der Waals surface area contributed by atoms with E-state index in [1.54, 1.807) is 7.05 Å². The molecule has 12 nitrogen and oxygen atoms in total. The highest BCUT2D eigenvalue weighted by molar-refractivity contribution is 7.51. The van der Waals surface area contributed by atoms with E-state index in [9.17, 15) is 14.0 Å². The molecule has 0 radical (unpaired) electrons. The summed E-state index contributed by atoms with van der Waals surface area (Å²) in [5, 5.41) is 16.4. The van der Waals surface area contributed by atoms with Gasteiger partial charge in [-0.3, -0.25) is 9.09 Å². The van der Waals surface area contributed by atoms with Crippen LogP contribution in [0.1, 0.15) is 51.4 Å². The lowest BCUT2D eigenvalue weighted by atomic mass is 9.95. The molecule has 6 atom stereocenters. The SMILES string of the molecule is CNC(CCC(CCC(COP(C)(=O)O)NC)NC)CCC(CCC(COP(=O)(O)O)NC)NC. The van der Waals surface area contributed by atoms with E-state index in [2.05, 4.69) is 31.1 Å². The molecule has 0 bridgehead atoms. The van der Waals surface area contributed by atoms with Crippen molar-refractivity contribution < 1.29 is 32.9 Å². The quantitative estimate of drug-likeness (QED) is 0.0854. The maximum absolute atomic E-state index is 11.4. The minimum absolute atomic E-state index is 0.0243. The van der Waals surface area contributed by atoms with E-state index in [0.29, 0.717) is 18.1 Å². The highest BCUT2D eigenvalue weighted by atomic mass is 31.2. The second-order valence-electron chi connectivity index (χ2n) is 9.12. The molecule has 0 rings (SSSR count). The Bertz CT molecular complexity index is 573. The lowest BCUT2D eigenvalue weighted by Gasteiger charge is -2.25. The first-order valence-corrected chi connectivity index (χ1v) is 15.9. The van der Waals surface area contributed by atoms with Gasteiger partial charge in [-0.15, -0.1) is 0 Å². The zero-order valence-corrected chi connectivity index (χ0v) is 24.1. The molecule has 8 N–H and O–H groups in total. The highest BCUT2D eigenvalue weighted by Crippen LogP contribution is 2.37. The van der Waals surface area contributed by atoms with Crippen molar-refractivity contribution >= 4 is 15.4 Å². The van der Waals surface area contributed by atoms with Crippen LogP contribution in [0.3, 0.4) is 0 Å². The molecule has 0 heterocycles. The summed E-state index contributed by atoms with van der Waals surface area (Å²) in [6.45, 7) is 1.38. The number of hydrogen-bond donors (Lipinski definition) is 8. The molecule has 0 aliphatic rings. The standard InChI is InChI=1S/C21H51N5O7P2/c1-22-17(7-9-18(23-2)11-13-20(25-4)15-32-34(6,27)28)8-10-19(24-3)12-14-21(26-5)16-33-35(29,30)31/h17-26H,7-16H2,1-6H3,(H,27,28)(H2,29,30,31). The van der Waals surface area contributed by atoms with E-state index < -0.39 is 15.4 Å². The Morgan fingerprint density at radius 3 is 1.03 bits per heavy atom. The van der Waals surface area contributed by atoms with E-state index in [1.165, 1.54) is 6.66 Å². The molecule has 0 fully saturated rings. The van der Waals surface area contributed by atoms with Gasteiger partial charge < -0.3 is 45.8 Å². The molecular weight excluding hydrogens is 496 g/mol. The van der Waals surface area contributed by atoms with E-state index in [-0.39, 0.29) is 25.3 Å². The minimum atomic E-state index is -4.46. The van der Waals surface area contributed by atoms with Crippen molar-refractivity contribution in [1.82, 2.24) is 26.6 Å². The first-order chi connectivity index (χ1) is 16.4. The topological polar surface area (TPSA) is 173 Å². The predicted molar refractivity (Wildman–Crippen MR) is 141 cm³/mol. The van der Waals surface area contributed by atoms with Crippen molar-refractivity contribution in [2.45, 2.75) is 81.6 Å². The molecule has 6 unspecified atom stereocenters. The maximum Gasteiger partial charge on any atom is 0.469 e. The summed E-state index contributed by atoms with van der Waals surface area (Å²) in [7, 11) is 1.55. The van der Waals surface area contributed by atoms with Crippen LogP contribution in [-0.4, -0.2) is 100 Å². The first kappa shape index (κ1) is 35.1. The van der Waals surface area contributed by atoms with Crippen LogP contribution in [0.2, 0.25) is 0 Å². The molecule has 35 heavy (non-hydrogen) atoms. The van der Waals surface area contributed by atoms with Crippen LogP contribution in [0.4, 0.5) is 0 Å². The van der Waals surface area contributed by atoms with Gasteiger partial charge >= 0.3 is 15.4 Å². The third-order valence-corrected chi connectivity index (χ3v) is 7.57. The monoisotopic (exact) mass is 547 g/mol. The predicted octanol–water partition coefficient (Wildman–Crippen LogP) is 0.988. The number of phosphoric ester groups is 1. The van der Waals surface area contributed by atoms with E-state index >= 15 is 0 Å². The Kier molecular flexibility index (Phi) is 19.2. The van der Waals surface area contributed by atoms with Crippen LogP contribution in [-0.2, 0) is 18.2 Å². The van der Waals surface area contributed by atoms with Crippen LogP contribution in [0.15, 0.2) is 0 Å². The zero-order chi connectivity index (χ0) is 26.9. The summed E-state index contributed by atoms with van der Waals surface area (Å²) >= 11 is 0. The molecule has 0 saturated carbocycles. The number of rotatable bonds is 23. The van der Waals surface area contributed by atoms with Gasteiger partial charge in [0.15, 0.2) is 0 Å². The molecule has 0 aliphatic heterocycles. The number of phosphoric acid groups is 1. The normalized spacial score (nSPS) is 18.5. The number of hydrogen-bond acceptors (Lipinski definition) is 9. The smallest absolute Gasteiger partial charge is 0.324 e. The van der Waals surface area contributed by atoms with Gasteiger partial charge in [0.25, 0.3) is 0 Å². The second kappa shape index (κ2) is 19.2. The van der Waals surface area contributed by atoms with Crippen LogP contribution < -0.4 is 26.6 Å². The summed E-state index contributed by atoms with van der Waals surface area (Å²) in [4.78, 5) is 27.1. The molecule has 212 valence electrons. The van der Waals surface area contributed by atoms with E-state index in [4.69, 9.17) is 14.3 Å². The fourth-order valence-corrected chi connectivity index (χ4v) is 4.78. The summed E-state index contributed by atoms with van der Waals surface area (Å²) in [5.74, 6) is 0. The number of nitrogens with one attached hydrogen (secondary N) is 5. The Morgan fingerprint density at radius 2 is 0.800 bits per heavy atom. The Balaban J connectivity index is 4.45. The maximum atomic E-state index is 11.4. The molecule has 0 aromatic heterocycles. The van der Waals surface area contributed by atoms with Crippen molar-refractivity contribution in [2.75, 3.05) is 55.1 Å². The third-order valence-electron chi connectivity index (χ3n) is 6.45. The van der Waals surface area contributed by atoms with Gasteiger partial charge in [0.1, 0.15) is 0 Å². The molecule has 0 aromatic carbocycles. The van der Waals surface area contributed by atoms with Gasteiger partial charge in [-0.1, -0.05) is 0 Å². The zero-order valence-electron chi connectivity index (χ0n) is 22.3. The average Bonchev–Trinajstić information content (AvgIpc) is 2.79. The summed E-state index contributed by atoms with van der Waals surface area (Å²) in [6.07, 6.45) is 7.42. The summed E-state index contributed by atoms with van der Waals surface area (Å²) in [6, 6.07) is 0.923. The van der Waals surface area contributed by atoms with Gasteiger partial charge in [-0.2, -0.15) is 0 Å². The van der Waals surface area contributed by atoms with Gasteiger partial charge in [0.2, 0.25) is 0 Å². The Hall–Kier alpha value is 0.0600. The Labute approximate surface area is 211 Å². The molecule has 14 heteroatoms. The van der Waals surface area contributed by atoms with Crippen molar-refractivity contribution in [2.24, 2.45) is 0 Å². The largest absolute Gasteiger partial charge is 0.469 e. The molecule has 0 aromatic rings. The summed E-state index contributed by atoms with van der Waals surface area (Å²) in [5.41, 5.74) is 0. The van der Waals surface area contributed by atoms with Crippen LogP contribution in [0.25, 0.3) is 0 Å². The van der Waals surface area contributed by atoms with Gasteiger partial charge in [-0.05, 0) is 86.6 Å². The molecule has 0 aliphatic carbocycles. The molecule has 0 spiro atoms. The van der Waals surface area contributed by atoms with Crippen molar-refractivity contribution in [1.29, 1.82) is 0 Å². The van der Waals surface area contributed by atoms with Crippen LogP contribution in [0.5, 0.6) is 0 Å². The highest BCUT2D eigenvalue weighted by Gasteiger charge is 2.20. The fourth-order valence-electron chi connectivity index (χ4n) is 3.95. The number of likely N-dealkylation sites (N-methyl/N-ethyl adjacent to an activating group) is 2. The molecule has 0 amide bonds. The fraction of sp³-hybridized carbons (Fsp3) is 1.00. The minimum Gasteiger partial charge on any atom is -0.324 e. The molecular formula is C21H51N5O7P2. The first-order valence-electron chi connectivity index (χ1n) is 12.4. The van der Waals surface area contributed by atoms with Crippen molar-refractivity contribution in [3.8, 4) is 0 Å². The van der Waals surface area contributed by atoms with E-state index in [0.717, 1.165) is 51.4 Å². The van der Waals surface area contributed by atoms with E-state index in [1.807, 2.05) is 28.2 Å².